The largest absolute Gasteiger partial charge is 2.00 e. The first-order valence-corrected chi connectivity index (χ1v) is 0. The minimum absolute atomic E-state index is 0. The molecule has 0 heterocycles. The van der Waals surface area contributed by atoms with Crippen molar-refractivity contribution in [3.63, 3.8) is 0 Å². The molecule has 4 heavy (non-hydrogen) atoms. The van der Waals surface area contributed by atoms with E-state index in [-0.39, 0.29) is 71.3 Å². The number of hydrogen-bond acceptors (Lipinski definition) is 0. The average Bonchev–Trinajstić information content (AvgIpc) is 0. The van der Waals surface area contributed by atoms with Crippen LogP contribution in [0.5, 0.6) is 0 Å². The fourth-order valence-corrected chi connectivity index (χ4v) is 0. The molecule has 0 aliphatic heterocycles. The molecular formula is H8AlCuMgSi. The van der Waals surface area contributed by atoms with E-state index < -0.39 is 0 Å². The molecule has 0 aliphatic rings. The fraction of sp³-hybridized carbons (Fsp3) is 0. The zero-order valence-corrected chi connectivity index (χ0v) is 6.36. The third kappa shape index (κ3) is 8.97. The van der Waals surface area contributed by atoms with E-state index >= 15 is 0 Å². The van der Waals surface area contributed by atoms with Gasteiger partial charge < -0.3 is 2.85 Å². The van der Waals surface area contributed by atoms with Gasteiger partial charge in [-0.15, -0.1) is 0 Å². The summed E-state index contributed by atoms with van der Waals surface area (Å²) in [5.41, 5.74) is 0. The van der Waals surface area contributed by atoms with Crippen LogP contribution in [0.25, 0.3) is 0 Å². The van der Waals surface area contributed by atoms with Crippen LogP contribution in [0.15, 0.2) is 0 Å². The first-order valence-electron chi connectivity index (χ1n) is 0. The van der Waals surface area contributed by atoms with E-state index in [0.29, 0.717) is 0 Å². The van der Waals surface area contributed by atoms with Gasteiger partial charge in [0.15, 0.2) is 17.4 Å². The normalized spacial score (nSPS) is 0. The Balaban J connectivity index is 0. The van der Waals surface area contributed by atoms with Crippen LogP contribution >= 0.6 is 0 Å². The molecule has 0 bridgehead atoms. The Kier molecular flexibility index (Phi) is 183. The molecule has 0 aromatic carbocycles. The summed E-state index contributed by atoms with van der Waals surface area (Å²) >= 11 is 0. The van der Waals surface area contributed by atoms with Gasteiger partial charge >= 0.3 is 23.1 Å². The predicted molar refractivity (Wildman–Crippen MR) is 27.9 cm³/mol. The van der Waals surface area contributed by atoms with Gasteiger partial charge in [0.1, 0.15) is 0 Å². The van der Waals surface area contributed by atoms with Crippen LogP contribution in [0.2, 0.25) is 0 Å². The molecule has 28 valence electrons. The van der Waals surface area contributed by atoms with Crippen molar-refractivity contribution in [2.45, 2.75) is 0 Å². The van der Waals surface area contributed by atoms with Crippen LogP contribution in [-0.2, 0) is 17.1 Å². The van der Waals surface area contributed by atoms with E-state index in [1.807, 2.05) is 0 Å². The van der Waals surface area contributed by atoms with Crippen LogP contribution in [0.3, 0.4) is 0 Å². The molecule has 0 spiro atoms. The zero-order chi connectivity index (χ0) is 0. The van der Waals surface area contributed by atoms with Gasteiger partial charge in [0.25, 0.3) is 0 Å². The third-order valence-corrected chi connectivity index (χ3v) is 0. The van der Waals surface area contributed by atoms with E-state index in [2.05, 4.69) is 0 Å². The van der Waals surface area contributed by atoms with Crippen LogP contribution < -0.4 is 0 Å². The molecule has 0 rings (SSSR count). The van der Waals surface area contributed by atoms with Crippen LogP contribution in [0, 0.1) is 0 Å². The smallest absolute Gasteiger partial charge is 1.00 e. The van der Waals surface area contributed by atoms with Crippen LogP contribution in [-0.4, -0.2) is 51.4 Å². The summed E-state index contributed by atoms with van der Waals surface area (Å²) in [5.74, 6) is 0. The first kappa shape index (κ1) is 36.9. The molecule has 0 unspecified atom stereocenters. The van der Waals surface area contributed by atoms with Crippen LogP contribution in [0.4, 0.5) is 0 Å². The summed E-state index contributed by atoms with van der Waals surface area (Å²) in [6.07, 6.45) is 0. The summed E-state index contributed by atoms with van der Waals surface area (Å²) in [5, 5.41) is 0. The van der Waals surface area contributed by atoms with E-state index in [4.69, 9.17) is 0 Å². The number of hydrogen-bond donors (Lipinski definition) is 0. The molecule has 0 atom stereocenters. The van der Waals surface area contributed by atoms with Gasteiger partial charge in [-0.05, 0) is 11.0 Å². The molecule has 0 aromatic heterocycles. The quantitative estimate of drug-likeness (QED) is 0.335. The van der Waals surface area contributed by atoms with Crippen molar-refractivity contribution in [1.29, 1.82) is 0 Å². The molecule has 0 saturated carbocycles. The number of rotatable bonds is 0. The molecule has 0 aromatic rings. The minimum Gasteiger partial charge on any atom is -1.00 e. The summed E-state index contributed by atoms with van der Waals surface area (Å²) in [6.45, 7) is 0. The van der Waals surface area contributed by atoms with Crippen molar-refractivity contribution in [3.8, 4) is 0 Å². The van der Waals surface area contributed by atoms with Gasteiger partial charge in [-0.25, -0.2) is 0 Å². The Morgan fingerprint density at radius 1 is 1.25 bits per heavy atom. The molecule has 0 amide bonds. The van der Waals surface area contributed by atoms with E-state index in [0.717, 1.165) is 0 Å². The topological polar surface area (TPSA) is 0 Å². The monoisotopic (exact) mass is 150 g/mol. The molecule has 0 nitrogen and oxygen atoms in total. The second-order valence-corrected chi connectivity index (χ2v) is 0. The summed E-state index contributed by atoms with van der Waals surface area (Å²) in [4.78, 5) is 0. The van der Waals surface area contributed by atoms with Crippen molar-refractivity contribution in [3.05, 3.63) is 0 Å². The standard InChI is InChI=1S/Al.Cu.Mg.H3Si.5H/h;;;1H3;;;;;/q;;+2;;;;;2*-1. The molecule has 2 radical (unpaired) electrons. The first-order chi connectivity index (χ1) is 0. The molecule has 4 heteroatoms. The van der Waals surface area contributed by atoms with Gasteiger partial charge in [-0.3, -0.25) is 0 Å². The Hall–Kier alpha value is 2.04. The summed E-state index contributed by atoms with van der Waals surface area (Å²) < 4.78 is 0. The van der Waals surface area contributed by atoms with Gasteiger partial charge in [0.05, 0.1) is 0 Å². The summed E-state index contributed by atoms with van der Waals surface area (Å²) in [6, 6.07) is 0. The second kappa shape index (κ2) is 19.8. The molecule has 0 aliphatic carbocycles. The maximum absolute atomic E-state index is 0. The van der Waals surface area contributed by atoms with Crippen LogP contribution in [0.1, 0.15) is 2.85 Å². The molecule has 0 saturated heterocycles. The Morgan fingerprint density at radius 3 is 1.25 bits per heavy atom. The van der Waals surface area contributed by atoms with E-state index in [1.54, 1.807) is 0 Å². The van der Waals surface area contributed by atoms with Crippen molar-refractivity contribution in [2.75, 3.05) is 0 Å². The Morgan fingerprint density at radius 2 is 1.25 bits per heavy atom. The van der Waals surface area contributed by atoms with Crippen molar-refractivity contribution in [1.82, 2.24) is 0 Å². The predicted octanol–water partition coefficient (Wildman–Crippen LogP) is -2.53. The minimum atomic E-state index is 0. The molecule has 0 N–H and O–H groups in total. The molecular weight excluding hydrogens is 143 g/mol. The van der Waals surface area contributed by atoms with Crippen molar-refractivity contribution >= 4 is 51.4 Å². The SMILES string of the molecule is [AlH3].[Cu].[H-].[H-].[Mg+2].[SiH3]. The van der Waals surface area contributed by atoms with E-state index in [1.165, 1.54) is 0 Å². The maximum Gasteiger partial charge on any atom is 2.00 e. The third-order valence-electron chi connectivity index (χ3n) is 0. The van der Waals surface area contributed by atoms with Gasteiger partial charge in [0, 0.05) is 17.1 Å². The average molecular weight is 151 g/mol. The maximum atomic E-state index is 0. The van der Waals surface area contributed by atoms with Crippen molar-refractivity contribution < 1.29 is 19.9 Å². The van der Waals surface area contributed by atoms with Gasteiger partial charge in [-0.2, -0.15) is 0 Å². The fourth-order valence-electron chi connectivity index (χ4n) is 0. The zero-order valence-electron chi connectivity index (χ0n) is 4.01. The van der Waals surface area contributed by atoms with E-state index in [9.17, 15) is 0 Å². The Labute approximate surface area is 70.9 Å². The van der Waals surface area contributed by atoms with Crippen molar-refractivity contribution in [2.24, 2.45) is 0 Å². The van der Waals surface area contributed by atoms with Gasteiger partial charge in [0.2, 0.25) is 0 Å². The Bertz CT molecular complexity index is 13.5. The molecule has 0 fully saturated rings. The second-order valence-electron chi connectivity index (χ2n) is 0. The van der Waals surface area contributed by atoms with Gasteiger partial charge in [-0.1, -0.05) is 0 Å². The summed E-state index contributed by atoms with van der Waals surface area (Å²) in [7, 11) is 0.